The molecule has 0 aliphatic heterocycles. The summed E-state index contributed by atoms with van der Waals surface area (Å²) in [7, 11) is 0. The standard InChI is InChI=1S/C9H5ClF5IO/c10-5-1-2-7(6(16)3-5)17-4-8(11,12)9(13,14)15/h1-3H,4H2. The quantitative estimate of drug-likeness (QED) is 0.548. The number of halogens is 7. The molecule has 0 aliphatic rings. The minimum atomic E-state index is -5.62. The maximum atomic E-state index is 12.5. The minimum Gasteiger partial charge on any atom is -0.486 e. The van der Waals surface area contributed by atoms with Crippen LogP contribution in [0.1, 0.15) is 0 Å². The third kappa shape index (κ3) is 3.84. The Morgan fingerprint density at radius 1 is 1.18 bits per heavy atom. The van der Waals surface area contributed by atoms with Gasteiger partial charge in [0.1, 0.15) is 5.75 Å². The molecule has 0 aliphatic carbocycles. The highest BCUT2D eigenvalue weighted by Crippen LogP contribution is 2.36. The molecule has 1 rings (SSSR count). The molecular weight excluding hydrogens is 381 g/mol. The van der Waals surface area contributed by atoms with Crippen LogP contribution in [-0.2, 0) is 0 Å². The predicted molar refractivity (Wildman–Crippen MR) is 60.7 cm³/mol. The van der Waals surface area contributed by atoms with E-state index in [0.29, 0.717) is 8.59 Å². The molecule has 0 atom stereocenters. The summed E-state index contributed by atoms with van der Waals surface area (Å²) in [6.07, 6.45) is -5.62. The zero-order valence-corrected chi connectivity index (χ0v) is 10.9. The molecule has 1 aromatic carbocycles. The Morgan fingerprint density at radius 2 is 1.76 bits per heavy atom. The lowest BCUT2D eigenvalue weighted by atomic mass is 10.3. The Hall–Kier alpha value is -0.310. The summed E-state index contributed by atoms with van der Waals surface area (Å²) >= 11 is 7.31. The molecule has 8 heteroatoms. The first-order valence-electron chi connectivity index (χ1n) is 4.16. The van der Waals surface area contributed by atoms with E-state index in [1.54, 1.807) is 22.6 Å². The van der Waals surface area contributed by atoms with Crippen LogP contribution in [0.2, 0.25) is 5.02 Å². The molecule has 1 aromatic rings. The van der Waals surface area contributed by atoms with E-state index >= 15 is 0 Å². The molecule has 1 nitrogen and oxygen atoms in total. The highest BCUT2D eigenvalue weighted by Gasteiger charge is 2.58. The molecule has 0 amide bonds. The highest BCUT2D eigenvalue weighted by molar-refractivity contribution is 14.1. The van der Waals surface area contributed by atoms with Crippen molar-refractivity contribution in [2.24, 2.45) is 0 Å². The summed E-state index contributed by atoms with van der Waals surface area (Å²) in [6.45, 7) is -1.76. The van der Waals surface area contributed by atoms with Gasteiger partial charge in [-0.15, -0.1) is 0 Å². The van der Waals surface area contributed by atoms with Gasteiger partial charge in [-0.2, -0.15) is 22.0 Å². The van der Waals surface area contributed by atoms with Gasteiger partial charge in [0.15, 0.2) is 6.61 Å². The van der Waals surface area contributed by atoms with Crippen molar-refractivity contribution in [2.75, 3.05) is 6.61 Å². The highest BCUT2D eigenvalue weighted by atomic mass is 127. The van der Waals surface area contributed by atoms with Crippen LogP contribution in [0.3, 0.4) is 0 Å². The number of alkyl halides is 5. The van der Waals surface area contributed by atoms with Gasteiger partial charge >= 0.3 is 12.1 Å². The van der Waals surface area contributed by atoms with Gasteiger partial charge in [-0.05, 0) is 40.8 Å². The van der Waals surface area contributed by atoms with Crippen molar-refractivity contribution in [1.29, 1.82) is 0 Å². The Morgan fingerprint density at radius 3 is 2.24 bits per heavy atom. The second-order valence-electron chi connectivity index (χ2n) is 3.07. The van der Waals surface area contributed by atoms with Crippen LogP contribution in [-0.4, -0.2) is 18.7 Å². The van der Waals surface area contributed by atoms with Crippen LogP contribution in [0.15, 0.2) is 18.2 Å². The number of rotatable bonds is 3. The van der Waals surface area contributed by atoms with Crippen molar-refractivity contribution in [3.05, 3.63) is 26.8 Å². The van der Waals surface area contributed by atoms with Crippen molar-refractivity contribution in [3.8, 4) is 5.75 Å². The van der Waals surface area contributed by atoms with E-state index in [9.17, 15) is 22.0 Å². The average Bonchev–Trinajstić information content (AvgIpc) is 2.14. The summed E-state index contributed by atoms with van der Waals surface area (Å²) in [6, 6.07) is 3.96. The van der Waals surface area contributed by atoms with E-state index in [1.807, 2.05) is 0 Å². The third-order valence-electron chi connectivity index (χ3n) is 1.72. The fourth-order valence-electron chi connectivity index (χ4n) is 0.842. The summed E-state index contributed by atoms with van der Waals surface area (Å²) in [5.41, 5.74) is 0. The Labute approximate surface area is 112 Å². The van der Waals surface area contributed by atoms with E-state index < -0.39 is 18.7 Å². The van der Waals surface area contributed by atoms with Gasteiger partial charge < -0.3 is 4.74 Å². The molecule has 96 valence electrons. The van der Waals surface area contributed by atoms with Crippen molar-refractivity contribution < 1.29 is 26.7 Å². The van der Waals surface area contributed by atoms with Crippen LogP contribution in [0.5, 0.6) is 5.75 Å². The van der Waals surface area contributed by atoms with Crippen LogP contribution in [0.4, 0.5) is 22.0 Å². The second-order valence-corrected chi connectivity index (χ2v) is 4.66. The van der Waals surface area contributed by atoms with Gasteiger partial charge in [-0.1, -0.05) is 11.6 Å². The topological polar surface area (TPSA) is 9.23 Å². The van der Waals surface area contributed by atoms with E-state index in [4.69, 9.17) is 11.6 Å². The van der Waals surface area contributed by atoms with Crippen molar-refractivity contribution in [3.63, 3.8) is 0 Å². The maximum Gasteiger partial charge on any atom is 0.456 e. The molecule has 0 radical (unpaired) electrons. The van der Waals surface area contributed by atoms with Crippen molar-refractivity contribution in [2.45, 2.75) is 12.1 Å². The summed E-state index contributed by atoms with van der Waals surface area (Å²) in [4.78, 5) is 0. The first-order chi connectivity index (χ1) is 7.63. The molecule has 0 unspecified atom stereocenters. The van der Waals surface area contributed by atoms with Gasteiger partial charge in [0, 0.05) is 5.02 Å². The van der Waals surface area contributed by atoms with Crippen molar-refractivity contribution in [1.82, 2.24) is 0 Å². The lowest BCUT2D eigenvalue weighted by molar-refractivity contribution is -0.290. The van der Waals surface area contributed by atoms with Crippen LogP contribution >= 0.6 is 34.2 Å². The molecule has 0 aromatic heterocycles. The lowest BCUT2D eigenvalue weighted by Gasteiger charge is -2.20. The molecule has 17 heavy (non-hydrogen) atoms. The summed E-state index contributed by atoms with van der Waals surface area (Å²) in [5, 5.41) is 0.337. The van der Waals surface area contributed by atoms with Gasteiger partial charge in [-0.25, -0.2) is 0 Å². The average molecular weight is 386 g/mol. The van der Waals surface area contributed by atoms with E-state index in [0.717, 1.165) is 0 Å². The summed E-state index contributed by atoms with van der Waals surface area (Å²) < 4.78 is 65.4. The third-order valence-corrected chi connectivity index (χ3v) is 2.80. The Kier molecular flexibility index (Phi) is 4.45. The van der Waals surface area contributed by atoms with E-state index in [2.05, 4.69) is 4.74 Å². The van der Waals surface area contributed by atoms with Crippen LogP contribution in [0.25, 0.3) is 0 Å². The van der Waals surface area contributed by atoms with Gasteiger partial charge in [0.25, 0.3) is 0 Å². The Bertz CT molecular complexity index is 407. The van der Waals surface area contributed by atoms with Crippen molar-refractivity contribution >= 4 is 34.2 Å². The van der Waals surface area contributed by atoms with Gasteiger partial charge in [0.2, 0.25) is 0 Å². The SMILES string of the molecule is FC(F)(F)C(F)(F)COc1ccc(Cl)cc1I. The molecule has 0 bridgehead atoms. The van der Waals surface area contributed by atoms with Gasteiger partial charge in [0.05, 0.1) is 3.57 Å². The molecule has 0 saturated heterocycles. The second kappa shape index (κ2) is 5.13. The predicted octanol–water partition coefficient (Wildman–Crippen LogP) is 4.52. The lowest BCUT2D eigenvalue weighted by Crippen LogP contribution is -2.41. The number of hydrogen-bond donors (Lipinski definition) is 0. The number of hydrogen-bond acceptors (Lipinski definition) is 1. The largest absolute Gasteiger partial charge is 0.486 e. The normalized spacial score (nSPS) is 12.6. The smallest absolute Gasteiger partial charge is 0.456 e. The number of benzene rings is 1. The number of ether oxygens (including phenoxy) is 1. The zero-order chi connectivity index (χ0) is 13.3. The first kappa shape index (κ1) is 14.7. The minimum absolute atomic E-state index is 0.0704. The molecule has 0 spiro atoms. The summed E-state index contributed by atoms with van der Waals surface area (Å²) in [5.74, 6) is -4.95. The van der Waals surface area contributed by atoms with Gasteiger partial charge in [-0.3, -0.25) is 0 Å². The van der Waals surface area contributed by atoms with E-state index in [-0.39, 0.29) is 5.75 Å². The molecule has 0 heterocycles. The fourth-order valence-corrected chi connectivity index (χ4v) is 1.87. The van der Waals surface area contributed by atoms with Crippen LogP contribution < -0.4 is 4.74 Å². The molecule has 0 N–H and O–H groups in total. The molecule has 0 saturated carbocycles. The maximum absolute atomic E-state index is 12.5. The van der Waals surface area contributed by atoms with E-state index in [1.165, 1.54) is 18.2 Å². The van der Waals surface area contributed by atoms with Crippen LogP contribution in [0, 0.1) is 3.57 Å². The monoisotopic (exact) mass is 386 g/mol. The first-order valence-corrected chi connectivity index (χ1v) is 5.61. The molecule has 0 fully saturated rings. The Balaban J connectivity index is 2.74. The fraction of sp³-hybridized carbons (Fsp3) is 0.333. The zero-order valence-electron chi connectivity index (χ0n) is 7.99. The molecular formula is C9H5ClF5IO.